The Hall–Kier alpha value is -2.90. The van der Waals surface area contributed by atoms with Gasteiger partial charge in [-0.2, -0.15) is 10.2 Å². The maximum absolute atomic E-state index is 13.1. The maximum atomic E-state index is 13.1. The highest BCUT2D eigenvalue weighted by molar-refractivity contribution is 9.10. The molecule has 0 aliphatic carbocycles. The van der Waals surface area contributed by atoms with Crippen LogP contribution in [-0.2, 0) is 13.1 Å². The van der Waals surface area contributed by atoms with E-state index in [9.17, 15) is 4.79 Å². The van der Waals surface area contributed by atoms with Crippen LogP contribution in [0.15, 0.2) is 53.0 Å². The molecule has 8 heteroatoms. The first-order valence-corrected chi connectivity index (χ1v) is 11.8. The van der Waals surface area contributed by atoms with E-state index < -0.39 is 0 Å². The first-order chi connectivity index (χ1) is 15.7. The van der Waals surface area contributed by atoms with Crippen molar-refractivity contribution in [2.45, 2.75) is 40.8 Å². The molecule has 4 rings (SSSR count). The Kier molecular flexibility index (Phi) is 6.72. The van der Waals surface area contributed by atoms with Crippen molar-refractivity contribution >= 4 is 39.1 Å². The summed E-state index contributed by atoms with van der Waals surface area (Å²) in [5.41, 5.74) is 7.04. The fourth-order valence-corrected chi connectivity index (χ4v) is 4.34. The van der Waals surface area contributed by atoms with Crippen LogP contribution in [0.2, 0.25) is 5.02 Å². The predicted molar refractivity (Wildman–Crippen MR) is 135 cm³/mol. The zero-order chi connectivity index (χ0) is 23.7. The number of nitrogens with one attached hydrogen (secondary N) is 1. The number of benzene rings is 2. The number of anilines is 1. The summed E-state index contributed by atoms with van der Waals surface area (Å²) in [5, 5.41) is 12.9. The minimum absolute atomic E-state index is 0.167. The average molecular weight is 527 g/mol. The van der Waals surface area contributed by atoms with Gasteiger partial charge in [-0.15, -0.1) is 0 Å². The van der Waals surface area contributed by atoms with Crippen LogP contribution in [0.5, 0.6) is 0 Å². The molecule has 2 aromatic carbocycles. The van der Waals surface area contributed by atoms with Crippen LogP contribution in [0.1, 0.15) is 44.3 Å². The van der Waals surface area contributed by atoms with Crippen molar-refractivity contribution in [1.82, 2.24) is 19.6 Å². The van der Waals surface area contributed by atoms with Crippen molar-refractivity contribution in [2.24, 2.45) is 0 Å². The van der Waals surface area contributed by atoms with Gasteiger partial charge in [0, 0.05) is 10.6 Å². The van der Waals surface area contributed by atoms with Gasteiger partial charge in [0.2, 0.25) is 0 Å². The normalized spacial score (nSPS) is 11.1. The number of carbonyl (C=O) groups is 1. The van der Waals surface area contributed by atoms with Crippen LogP contribution in [0.3, 0.4) is 0 Å². The van der Waals surface area contributed by atoms with Gasteiger partial charge >= 0.3 is 0 Å². The largest absolute Gasteiger partial charge is 0.319 e. The fraction of sp³-hybridized carbons (Fsp3) is 0.240. The molecule has 1 N–H and O–H groups in total. The summed E-state index contributed by atoms with van der Waals surface area (Å²) in [4.78, 5) is 13.1. The topological polar surface area (TPSA) is 64.7 Å². The van der Waals surface area contributed by atoms with Crippen LogP contribution in [0.25, 0.3) is 0 Å². The summed E-state index contributed by atoms with van der Waals surface area (Å²) in [7, 11) is 0. The van der Waals surface area contributed by atoms with Crippen molar-refractivity contribution in [2.75, 3.05) is 5.32 Å². The molecule has 1 amide bonds. The molecule has 0 radical (unpaired) electrons. The fourth-order valence-electron chi connectivity index (χ4n) is 3.84. The smallest absolute Gasteiger partial charge is 0.255 e. The molecular weight excluding hydrogens is 502 g/mol. The number of hydrogen-bond acceptors (Lipinski definition) is 3. The number of aromatic nitrogens is 4. The molecule has 0 aliphatic heterocycles. The number of amides is 1. The molecule has 33 heavy (non-hydrogen) atoms. The van der Waals surface area contributed by atoms with Gasteiger partial charge in [0.15, 0.2) is 0 Å². The third kappa shape index (κ3) is 5.04. The minimum atomic E-state index is -0.167. The quantitative estimate of drug-likeness (QED) is 0.331. The summed E-state index contributed by atoms with van der Waals surface area (Å²) in [6, 6.07) is 15.3. The number of aryl methyl sites for hydroxylation is 2. The molecule has 0 atom stereocenters. The highest BCUT2D eigenvalue weighted by Gasteiger charge is 2.16. The van der Waals surface area contributed by atoms with E-state index in [0.717, 1.165) is 44.1 Å². The van der Waals surface area contributed by atoms with Crippen LogP contribution in [0.4, 0.5) is 5.69 Å². The summed E-state index contributed by atoms with van der Waals surface area (Å²) in [6.07, 6.45) is 0. The molecule has 0 aliphatic rings. The Bertz CT molecular complexity index is 1340. The first kappa shape index (κ1) is 23.3. The Morgan fingerprint density at radius 2 is 1.52 bits per heavy atom. The molecular formula is C25H25BrClN5O. The monoisotopic (exact) mass is 525 g/mol. The zero-order valence-corrected chi connectivity index (χ0v) is 21.3. The Labute approximate surface area is 206 Å². The molecule has 4 aromatic rings. The van der Waals surface area contributed by atoms with E-state index in [1.807, 2.05) is 85.6 Å². The second-order valence-electron chi connectivity index (χ2n) is 8.13. The summed E-state index contributed by atoms with van der Waals surface area (Å²) in [5.74, 6) is -0.167. The van der Waals surface area contributed by atoms with Crippen LogP contribution in [-0.4, -0.2) is 25.5 Å². The van der Waals surface area contributed by atoms with Gasteiger partial charge in [0.05, 0.1) is 46.0 Å². The molecule has 0 saturated carbocycles. The van der Waals surface area contributed by atoms with Gasteiger partial charge in [-0.1, -0.05) is 35.9 Å². The molecule has 170 valence electrons. The lowest BCUT2D eigenvalue weighted by atomic mass is 10.1. The number of carbonyl (C=O) groups excluding carboxylic acids is 1. The van der Waals surface area contributed by atoms with Gasteiger partial charge in [0.25, 0.3) is 5.91 Å². The average Bonchev–Trinajstić information content (AvgIpc) is 3.18. The molecule has 0 fully saturated rings. The maximum Gasteiger partial charge on any atom is 0.255 e. The van der Waals surface area contributed by atoms with Gasteiger partial charge in [-0.05, 0) is 79.0 Å². The van der Waals surface area contributed by atoms with Gasteiger partial charge in [-0.3, -0.25) is 14.2 Å². The molecule has 0 unspecified atom stereocenters. The third-order valence-corrected chi connectivity index (χ3v) is 7.04. The molecule has 2 heterocycles. The van der Waals surface area contributed by atoms with E-state index in [1.165, 1.54) is 0 Å². The lowest BCUT2D eigenvalue weighted by Crippen LogP contribution is -2.14. The van der Waals surface area contributed by atoms with Gasteiger partial charge in [-0.25, -0.2) is 0 Å². The van der Waals surface area contributed by atoms with Gasteiger partial charge in [0.1, 0.15) is 0 Å². The first-order valence-electron chi connectivity index (χ1n) is 10.6. The standard InChI is InChI=1S/C25H25BrClN5O/c1-15-23(26)17(3)31(29-15)13-19-7-5-9-21(11-19)25(33)28-24-16(2)30-32(18(24)4)14-20-8-6-10-22(27)12-20/h5-12H,13-14H2,1-4H3,(H,28,33). The van der Waals surface area contributed by atoms with E-state index in [2.05, 4.69) is 31.4 Å². The van der Waals surface area contributed by atoms with Crippen molar-refractivity contribution < 1.29 is 4.79 Å². The summed E-state index contributed by atoms with van der Waals surface area (Å²) >= 11 is 9.68. The van der Waals surface area contributed by atoms with E-state index in [0.29, 0.717) is 23.7 Å². The van der Waals surface area contributed by atoms with Crippen LogP contribution < -0.4 is 5.32 Å². The van der Waals surface area contributed by atoms with E-state index in [-0.39, 0.29) is 5.91 Å². The van der Waals surface area contributed by atoms with E-state index in [1.54, 1.807) is 0 Å². The van der Waals surface area contributed by atoms with Crippen molar-refractivity contribution in [1.29, 1.82) is 0 Å². The Morgan fingerprint density at radius 3 is 2.15 bits per heavy atom. The highest BCUT2D eigenvalue weighted by atomic mass is 79.9. The van der Waals surface area contributed by atoms with Gasteiger partial charge < -0.3 is 5.32 Å². The summed E-state index contributed by atoms with van der Waals surface area (Å²) < 4.78 is 4.83. The van der Waals surface area contributed by atoms with E-state index in [4.69, 9.17) is 11.6 Å². The van der Waals surface area contributed by atoms with Crippen molar-refractivity contribution in [3.63, 3.8) is 0 Å². The van der Waals surface area contributed by atoms with Crippen LogP contribution in [0, 0.1) is 27.7 Å². The Morgan fingerprint density at radius 1 is 0.909 bits per heavy atom. The summed E-state index contributed by atoms with van der Waals surface area (Å²) in [6.45, 7) is 9.01. The predicted octanol–water partition coefficient (Wildman–Crippen LogP) is 6.08. The number of nitrogens with zero attached hydrogens (tertiary/aromatic N) is 4. The highest BCUT2D eigenvalue weighted by Crippen LogP contribution is 2.23. The SMILES string of the molecule is Cc1nn(Cc2cccc(C(=O)Nc3c(C)nn(Cc4cccc(Cl)c4)c3C)c2)c(C)c1Br. The third-order valence-electron chi connectivity index (χ3n) is 5.66. The van der Waals surface area contributed by atoms with Crippen molar-refractivity contribution in [3.8, 4) is 0 Å². The molecule has 0 bridgehead atoms. The Balaban J connectivity index is 1.52. The minimum Gasteiger partial charge on any atom is -0.319 e. The number of halogens is 2. The second kappa shape index (κ2) is 9.53. The number of hydrogen-bond donors (Lipinski definition) is 1. The van der Waals surface area contributed by atoms with E-state index >= 15 is 0 Å². The van der Waals surface area contributed by atoms with Crippen LogP contribution >= 0.6 is 27.5 Å². The second-order valence-corrected chi connectivity index (χ2v) is 9.36. The van der Waals surface area contributed by atoms with Crippen molar-refractivity contribution in [3.05, 3.63) is 97.5 Å². The zero-order valence-electron chi connectivity index (χ0n) is 19.0. The number of rotatable bonds is 6. The molecule has 0 saturated heterocycles. The lowest BCUT2D eigenvalue weighted by molar-refractivity contribution is 0.102. The molecule has 0 spiro atoms. The molecule has 2 aromatic heterocycles. The molecule has 6 nitrogen and oxygen atoms in total. The lowest BCUT2D eigenvalue weighted by Gasteiger charge is -2.09.